The van der Waals surface area contributed by atoms with Crippen molar-refractivity contribution >= 4 is 17.7 Å². The summed E-state index contributed by atoms with van der Waals surface area (Å²) in [6, 6.07) is 10.9. The van der Waals surface area contributed by atoms with Crippen LogP contribution in [0.1, 0.15) is 25.5 Å². The third-order valence-electron chi connectivity index (χ3n) is 3.29. The van der Waals surface area contributed by atoms with E-state index in [1.165, 1.54) is 6.08 Å². The molecule has 0 aliphatic heterocycles. The highest BCUT2D eigenvalue weighted by Crippen LogP contribution is 2.29. The number of carbonyl (C=O) groups excluding carboxylic acids is 1. The highest BCUT2D eigenvalue weighted by Gasteiger charge is 2.08. The number of nitrogens with one attached hydrogen (secondary N) is 1. The zero-order valence-corrected chi connectivity index (χ0v) is 14.0. The monoisotopic (exact) mass is 326 g/mol. The molecule has 1 aromatic carbocycles. The minimum atomic E-state index is -0.255. The van der Waals surface area contributed by atoms with Crippen LogP contribution in [0.4, 0.5) is 5.69 Å². The van der Waals surface area contributed by atoms with Crippen LogP contribution in [0.15, 0.2) is 48.7 Å². The summed E-state index contributed by atoms with van der Waals surface area (Å²) in [6.07, 6.45) is 6.79. The van der Waals surface area contributed by atoms with Crippen LogP contribution < -0.4 is 14.8 Å². The second-order valence-corrected chi connectivity index (χ2v) is 5.14. The maximum Gasteiger partial charge on any atom is 0.248 e. The van der Waals surface area contributed by atoms with E-state index in [0.717, 1.165) is 18.5 Å². The van der Waals surface area contributed by atoms with E-state index < -0.39 is 0 Å². The van der Waals surface area contributed by atoms with Crippen LogP contribution in [-0.4, -0.2) is 24.6 Å². The van der Waals surface area contributed by atoms with Gasteiger partial charge in [-0.15, -0.1) is 0 Å². The molecule has 1 amide bonds. The first-order chi connectivity index (χ1) is 11.7. The topological polar surface area (TPSA) is 60.5 Å². The summed E-state index contributed by atoms with van der Waals surface area (Å²) in [5, 5.41) is 2.82. The molecule has 24 heavy (non-hydrogen) atoms. The third-order valence-corrected chi connectivity index (χ3v) is 3.29. The van der Waals surface area contributed by atoms with Crippen LogP contribution in [0.5, 0.6) is 11.5 Å². The van der Waals surface area contributed by atoms with Gasteiger partial charge in [-0.1, -0.05) is 19.4 Å². The van der Waals surface area contributed by atoms with Crippen LogP contribution in [0.25, 0.3) is 6.08 Å². The number of aromatic nitrogens is 1. The van der Waals surface area contributed by atoms with Gasteiger partial charge in [0.15, 0.2) is 0 Å². The number of benzene rings is 1. The lowest BCUT2D eigenvalue weighted by Gasteiger charge is -2.13. The van der Waals surface area contributed by atoms with E-state index >= 15 is 0 Å². The van der Waals surface area contributed by atoms with Crippen molar-refractivity contribution in [1.82, 2.24) is 4.98 Å². The molecule has 0 unspecified atom stereocenters. The number of rotatable bonds is 8. The quantitative estimate of drug-likeness (QED) is 0.590. The summed E-state index contributed by atoms with van der Waals surface area (Å²) in [4.78, 5) is 16.3. The van der Waals surface area contributed by atoms with Gasteiger partial charge >= 0.3 is 0 Å². The molecular formula is C19H22N2O3. The Morgan fingerprint density at radius 1 is 1.29 bits per heavy atom. The van der Waals surface area contributed by atoms with Gasteiger partial charge in [-0.05, 0) is 36.8 Å². The van der Waals surface area contributed by atoms with Gasteiger partial charge in [0.05, 0.1) is 25.1 Å². The predicted molar refractivity (Wildman–Crippen MR) is 95.3 cm³/mol. The van der Waals surface area contributed by atoms with E-state index in [9.17, 15) is 4.79 Å². The maximum atomic E-state index is 12.1. The number of carbonyl (C=O) groups is 1. The van der Waals surface area contributed by atoms with Crippen LogP contribution in [0.3, 0.4) is 0 Å². The predicted octanol–water partition coefficient (Wildman–Crippen LogP) is 3.92. The molecule has 5 nitrogen and oxygen atoms in total. The minimum Gasteiger partial charge on any atom is -0.497 e. The van der Waals surface area contributed by atoms with Gasteiger partial charge in [0.1, 0.15) is 11.5 Å². The average molecular weight is 326 g/mol. The molecule has 2 aromatic rings. The molecule has 1 heterocycles. The molecule has 2 rings (SSSR count). The van der Waals surface area contributed by atoms with Crippen molar-refractivity contribution in [2.75, 3.05) is 19.0 Å². The second kappa shape index (κ2) is 9.35. The number of ether oxygens (including phenoxy) is 2. The van der Waals surface area contributed by atoms with Gasteiger partial charge in [-0.3, -0.25) is 9.78 Å². The fourth-order valence-corrected chi connectivity index (χ4v) is 2.00. The smallest absolute Gasteiger partial charge is 0.248 e. The summed E-state index contributed by atoms with van der Waals surface area (Å²) in [6.45, 7) is 2.71. The van der Waals surface area contributed by atoms with Crippen molar-refractivity contribution in [3.8, 4) is 11.5 Å². The number of nitrogens with zero attached hydrogens (tertiary/aromatic N) is 1. The number of pyridine rings is 1. The molecule has 5 heteroatoms. The molecule has 1 N–H and O–H groups in total. The summed E-state index contributed by atoms with van der Waals surface area (Å²) in [7, 11) is 1.58. The molecule has 1 aromatic heterocycles. The lowest BCUT2D eigenvalue weighted by Crippen LogP contribution is -2.10. The van der Waals surface area contributed by atoms with Gasteiger partial charge in [0.2, 0.25) is 5.91 Å². The Morgan fingerprint density at radius 2 is 2.17 bits per heavy atom. The zero-order valence-electron chi connectivity index (χ0n) is 14.0. The SMILES string of the molecule is CCCCOc1ccc(OC)cc1NC(=O)/C=C/c1ccccn1. The Labute approximate surface area is 142 Å². The number of hydrogen-bond donors (Lipinski definition) is 1. The van der Waals surface area contributed by atoms with E-state index in [4.69, 9.17) is 9.47 Å². The number of methoxy groups -OCH3 is 1. The largest absolute Gasteiger partial charge is 0.497 e. The summed E-state index contributed by atoms with van der Waals surface area (Å²) >= 11 is 0. The number of unbranched alkanes of at least 4 members (excludes halogenated alkanes) is 1. The molecule has 126 valence electrons. The highest BCUT2D eigenvalue weighted by molar-refractivity contribution is 6.02. The molecule has 0 fully saturated rings. The van der Waals surface area contributed by atoms with Crippen molar-refractivity contribution in [2.45, 2.75) is 19.8 Å². The third kappa shape index (κ3) is 5.43. The Morgan fingerprint density at radius 3 is 2.88 bits per heavy atom. The van der Waals surface area contributed by atoms with Crippen molar-refractivity contribution in [3.63, 3.8) is 0 Å². The minimum absolute atomic E-state index is 0.255. The Balaban J connectivity index is 2.08. The van der Waals surface area contributed by atoms with Gasteiger partial charge < -0.3 is 14.8 Å². The first-order valence-electron chi connectivity index (χ1n) is 7.94. The van der Waals surface area contributed by atoms with Gasteiger partial charge in [-0.2, -0.15) is 0 Å². The Kier molecular flexibility index (Phi) is 6.83. The van der Waals surface area contributed by atoms with E-state index in [1.807, 2.05) is 18.2 Å². The Bertz CT molecular complexity index is 684. The van der Waals surface area contributed by atoms with Crippen LogP contribution in [0, 0.1) is 0 Å². The van der Waals surface area contributed by atoms with Crippen molar-refractivity contribution < 1.29 is 14.3 Å². The van der Waals surface area contributed by atoms with Crippen LogP contribution in [-0.2, 0) is 4.79 Å². The summed E-state index contributed by atoms with van der Waals surface area (Å²) in [5.74, 6) is 1.03. The van der Waals surface area contributed by atoms with Crippen LogP contribution >= 0.6 is 0 Å². The van der Waals surface area contributed by atoms with Gasteiger partial charge in [-0.25, -0.2) is 0 Å². The number of amides is 1. The molecule has 0 radical (unpaired) electrons. The van der Waals surface area contributed by atoms with E-state index in [-0.39, 0.29) is 5.91 Å². The molecule has 0 aliphatic rings. The molecule has 0 aliphatic carbocycles. The lowest BCUT2D eigenvalue weighted by atomic mass is 10.2. The second-order valence-electron chi connectivity index (χ2n) is 5.14. The molecule has 0 atom stereocenters. The molecule has 0 bridgehead atoms. The molecule has 0 saturated heterocycles. The van der Waals surface area contributed by atoms with Crippen molar-refractivity contribution in [3.05, 3.63) is 54.4 Å². The first kappa shape index (κ1) is 17.5. The summed E-state index contributed by atoms with van der Waals surface area (Å²) in [5.41, 5.74) is 1.30. The maximum absolute atomic E-state index is 12.1. The fourth-order valence-electron chi connectivity index (χ4n) is 2.00. The zero-order chi connectivity index (χ0) is 17.2. The van der Waals surface area contributed by atoms with E-state index in [1.54, 1.807) is 37.6 Å². The Hall–Kier alpha value is -2.82. The van der Waals surface area contributed by atoms with Crippen LogP contribution in [0.2, 0.25) is 0 Å². The average Bonchev–Trinajstić information content (AvgIpc) is 2.62. The standard InChI is InChI=1S/C19H22N2O3/c1-3-4-13-24-18-10-9-16(23-2)14-17(18)21-19(22)11-8-15-7-5-6-12-20-15/h5-12,14H,3-4,13H2,1-2H3,(H,21,22)/b11-8+. The van der Waals surface area contributed by atoms with Crippen molar-refractivity contribution in [2.24, 2.45) is 0 Å². The van der Waals surface area contributed by atoms with Gasteiger partial charge in [0.25, 0.3) is 0 Å². The van der Waals surface area contributed by atoms with Gasteiger partial charge in [0, 0.05) is 18.3 Å². The van der Waals surface area contributed by atoms with Crippen molar-refractivity contribution in [1.29, 1.82) is 0 Å². The normalized spacial score (nSPS) is 10.6. The fraction of sp³-hybridized carbons (Fsp3) is 0.263. The number of hydrogen-bond acceptors (Lipinski definition) is 4. The number of anilines is 1. The van der Waals surface area contributed by atoms with E-state index in [0.29, 0.717) is 23.8 Å². The first-order valence-corrected chi connectivity index (χ1v) is 7.94. The molecule has 0 spiro atoms. The molecular weight excluding hydrogens is 304 g/mol. The molecule has 0 saturated carbocycles. The van der Waals surface area contributed by atoms with E-state index in [2.05, 4.69) is 17.2 Å². The summed E-state index contributed by atoms with van der Waals surface area (Å²) < 4.78 is 10.9. The lowest BCUT2D eigenvalue weighted by molar-refractivity contribution is -0.111. The highest BCUT2D eigenvalue weighted by atomic mass is 16.5.